The maximum atomic E-state index is 5.66. The average Bonchev–Trinajstić information content (AvgIpc) is 2.29. The molecule has 0 aliphatic heterocycles. The van der Waals surface area contributed by atoms with Crippen LogP contribution in [0.3, 0.4) is 0 Å². The quantitative estimate of drug-likeness (QED) is 0.816. The van der Waals surface area contributed by atoms with Crippen molar-refractivity contribution < 1.29 is 4.74 Å². The molecule has 0 spiro atoms. The zero-order valence-electron chi connectivity index (χ0n) is 13.0. The van der Waals surface area contributed by atoms with Crippen LogP contribution in [0.5, 0.6) is 5.75 Å². The summed E-state index contributed by atoms with van der Waals surface area (Å²) in [4.78, 5) is 2.11. The first-order valence-corrected chi connectivity index (χ1v) is 6.98. The predicted molar refractivity (Wildman–Crippen MR) is 83.1 cm³/mol. The van der Waals surface area contributed by atoms with Crippen molar-refractivity contribution in [3.05, 3.63) is 24.3 Å². The first kappa shape index (κ1) is 15.8. The van der Waals surface area contributed by atoms with Crippen molar-refractivity contribution in [2.75, 3.05) is 39.1 Å². The standard InChI is InChI=1S/C16H28N2O/c1-16(2,3)10-11-17-14-6-8-15(9-7-14)19-13-12-18(4)5/h6-9,17H,10-13H2,1-5H3. The number of ether oxygens (including phenoxy) is 1. The summed E-state index contributed by atoms with van der Waals surface area (Å²) in [5, 5.41) is 3.44. The number of nitrogens with zero attached hydrogens (tertiary/aromatic N) is 1. The van der Waals surface area contributed by atoms with Crippen molar-refractivity contribution in [1.29, 1.82) is 0 Å². The minimum Gasteiger partial charge on any atom is -0.492 e. The van der Waals surface area contributed by atoms with Crippen LogP contribution in [0.4, 0.5) is 5.69 Å². The third-order valence-corrected chi connectivity index (χ3v) is 2.87. The van der Waals surface area contributed by atoms with E-state index in [1.165, 1.54) is 0 Å². The van der Waals surface area contributed by atoms with E-state index in [1.54, 1.807) is 0 Å². The van der Waals surface area contributed by atoms with Crippen molar-refractivity contribution in [2.45, 2.75) is 27.2 Å². The van der Waals surface area contributed by atoms with Crippen LogP contribution in [0.2, 0.25) is 0 Å². The van der Waals surface area contributed by atoms with Crippen molar-refractivity contribution in [1.82, 2.24) is 4.90 Å². The third-order valence-electron chi connectivity index (χ3n) is 2.87. The van der Waals surface area contributed by atoms with E-state index >= 15 is 0 Å². The topological polar surface area (TPSA) is 24.5 Å². The molecule has 0 amide bonds. The summed E-state index contributed by atoms with van der Waals surface area (Å²) in [7, 11) is 4.09. The van der Waals surface area contributed by atoms with E-state index in [0.717, 1.165) is 37.6 Å². The Labute approximate surface area is 118 Å². The molecule has 1 N–H and O–H groups in total. The van der Waals surface area contributed by atoms with Crippen LogP contribution in [-0.2, 0) is 0 Å². The van der Waals surface area contributed by atoms with E-state index < -0.39 is 0 Å². The Hall–Kier alpha value is -1.22. The third kappa shape index (κ3) is 7.73. The summed E-state index contributed by atoms with van der Waals surface area (Å²) >= 11 is 0. The second kappa shape index (κ2) is 7.39. The summed E-state index contributed by atoms with van der Waals surface area (Å²) < 4.78 is 5.66. The van der Waals surface area contributed by atoms with Gasteiger partial charge in [0.2, 0.25) is 0 Å². The van der Waals surface area contributed by atoms with E-state index in [-0.39, 0.29) is 0 Å². The lowest BCUT2D eigenvalue weighted by molar-refractivity contribution is 0.261. The molecule has 108 valence electrons. The average molecular weight is 264 g/mol. The van der Waals surface area contributed by atoms with Crippen molar-refractivity contribution in [2.24, 2.45) is 5.41 Å². The Morgan fingerprint density at radius 3 is 2.26 bits per heavy atom. The lowest BCUT2D eigenvalue weighted by atomic mass is 9.92. The number of benzene rings is 1. The second-order valence-corrected chi connectivity index (χ2v) is 6.41. The highest BCUT2D eigenvalue weighted by Gasteiger charge is 2.08. The largest absolute Gasteiger partial charge is 0.492 e. The molecule has 0 bridgehead atoms. The SMILES string of the molecule is CN(C)CCOc1ccc(NCCC(C)(C)C)cc1. The zero-order chi connectivity index (χ0) is 14.3. The van der Waals surface area contributed by atoms with Gasteiger partial charge in [-0.3, -0.25) is 0 Å². The van der Waals surface area contributed by atoms with Crippen LogP contribution >= 0.6 is 0 Å². The predicted octanol–water partition coefficient (Wildman–Crippen LogP) is 3.48. The summed E-state index contributed by atoms with van der Waals surface area (Å²) in [6.45, 7) is 9.45. The van der Waals surface area contributed by atoms with Crippen LogP contribution in [0.1, 0.15) is 27.2 Å². The van der Waals surface area contributed by atoms with E-state index in [0.29, 0.717) is 5.41 Å². The smallest absolute Gasteiger partial charge is 0.119 e. The molecule has 0 saturated heterocycles. The normalized spacial score (nSPS) is 11.7. The Bertz CT molecular complexity index is 352. The molecule has 1 aromatic rings. The molecule has 19 heavy (non-hydrogen) atoms. The Morgan fingerprint density at radius 1 is 1.11 bits per heavy atom. The molecule has 0 radical (unpaired) electrons. The number of hydrogen-bond acceptors (Lipinski definition) is 3. The fourth-order valence-corrected chi connectivity index (χ4v) is 1.60. The lowest BCUT2D eigenvalue weighted by Gasteiger charge is -2.18. The van der Waals surface area contributed by atoms with Gasteiger partial charge in [0.15, 0.2) is 0 Å². The molecule has 3 heteroatoms. The van der Waals surface area contributed by atoms with E-state index in [2.05, 4.69) is 43.1 Å². The number of rotatable bonds is 7. The molecule has 0 atom stereocenters. The van der Waals surface area contributed by atoms with Gasteiger partial charge in [-0.15, -0.1) is 0 Å². The minimum atomic E-state index is 0.377. The Balaban J connectivity index is 2.31. The summed E-state index contributed by atoms with van der Waals surface area (Å²) in [6, 6.07) is 8.20. The van der Waals surface area contributed by atoms with Gasteiger partial charge in [0.25, 0.3) is 0 Å². The van der Waals surface area contributed by atoms with Crippen LogP contribution in [0.25, 0.3) is 0 Å². The number of nitrogens with one attached hydrogen (secondary N) is 1. The molecule has 0 fully saturated rings. The van der Waals surface area contributed by atoms with Gasteiger partial charge in [0.05, 0.1) is 0 Å². The number of likely N-dealkylation sites (N-methyl/N-ethyl adjacent to an activating group) is 1. The highest BCUT2D eigenvalue weighted by atomic mass is 16.5. The molecule has 0 aromatic heterocycles. The Kier molecular flexibility index (Phi) is 6.16. The molecule has 1 aromatic carbocycles. The van der Waals surface area contributed by atoms with Gasteiger partial charge in [-0.2, -0.15) is 0 Å². The van der Waals surface area contributed by atoms with Crippen molar-refractivity contribution in [3.63, 3.8) is 0 Å². The fraction of sp³-hybridized carbons (Fsp3) is 0.625. The molecule has 0 saturated carbocycles. The van der Waals surface area contributed by atoms with E-state index in [1.807, 2.05) is 26.2 Å². The maximum absolute atomic E-state index is 5.66. The van der Waals surface area contributed by atoms with Crippen molar-refractivity contribution >= 4 is 5.69 Å². The van der Waals surface area contributed by atoms with Gasteiger partial charge in [-0.25, -0.2) is 0 Å². The molecule has 3 nitrogen and oxygen atoms in total. The van der Waals surface area contributed by atoms with Gasteiger partial charge in [-0.1, -0.05) is 20.8 Å². The second-order valence-electron chi connectivity index (χ2n) is 6.41. The summed E-state index contributed by atoms with van der Waals surface area (Å²) in [5.41, 5.74) is 1.53. The molecule has 1 rings (SSSR count). The van der Waals surface area contributed by atoms with Gasteiger partial charge in [-0.05, 0) is 50.2 Å². The molecule has 0 unspecified atom stereocenters. The van der Waals surface area contributed by atoms with Gasteiger partial charge in [0, 0.05) is 18.8 Å². The molecular weight excluding hydrogens is 236 g/mol. The van der Waals surface area contributed by atoms with Gasteiger partial charge >= 0.3 is 0 Å². The molecule has 0 heterocycles. The summed E-state index contributed by atoms with van der Waals surface area (Å²) in [5.74, 6) is 0.934. The monoisotopic (exact) mass is 264 g/mol. The highest BCUT2D eigenvalue weighted by Crippen LogP contribution is 2.20. The molecule has 0 aliphatic rings. The molecule has 0 aliphatic carbocycles. The van der Waals surface area contributed by atoms with Gasteiger partial charge in [0.1, 0.15) is 12.4 Å². The number of hydrogen-bond donors (Lipinski definition) is 1. The van der Waals surface area contributed by atoms with Crippen LogP contribution in [-0.4, -0.2) is 38.7 Å². The van der Waals surface area contributed by atoms with Crippen LogP contribution < -0.4 is 10.1 Å². The van der Waals surface area contributed by atoms with E-state index in [4.69, 9.17) is 4.74 Å². The minimum absolute atomic E-state index is 0.377. The zero-order valence-corrected chi connectivity index (χ0v) is 13.0. The number of anilines is 1. The highest BCUT2D eigenvalue weighted by molar-refractivity contribution is 5.46. The van der Waals surface area contributed by atoms with Crippen LogP contribution in [0.15, 0.2) is 24.3 Å². The van der Waals surface area contributed by atoms with E-state index in [9.17, 15) is 0 Å². The fourth-order valence-electron chi connectivity index (χ4n) is 1.60. The lowest BCUT2D eigenvalue weighted by Crippen LogP contribution is -2.19. The first-order chi connectivity index (χ1) is 8.87. The Morgan fingerprint density at radius 2 is 1.74 bits per heavy atom. The van der Waals surface area contributed by atoms with Crippen LogP contribution in [0, 0.1) is 5.41 Å². The van der Waals surface area contributed by atoms with Gasteiger partial charge < -0.3 is 15.0 Å². The van der Waals surface area contributed by atoms with Crippen molar-refractivity contribution in [3.8, 4) is 5.75 Å². The molecular formula is C16H28N2O. The summed E-state index contributed by atoms with van der Waals surface area (Å²) in [6.07, 6.45) is 1.16. The maximum Gasteiger partial charge on any atom is 0.119 e. The first-order valence-electron chi connectivity index (χ1n) is 6.98.